The lowest BCUT2D eigenvalue weighted by atomic mass is 10.2. The molecule has 3 aromatic carbocycles. The standard InChI is InChI=1S/C28H28BrN7O/c29-22-15-16-25(37)21(19-22)20-30-34-26-31-27(35-17-9-1-2-10-18-35)33-28(32-26)36(23-11-5-3-6-12-23)24-13-7-4-8-14-24/h3-8,11-16,19-20,37H,1-2,9-10,17-18H2,(H,31,32,33,34)/b30-20+. The number of nitrogens with zero attached hydrogens (tertiary/aromatic N) is 6. The summed E-state index contributed by atoms with van der Waals surface area (Å²) >= 11 is 3.43. The molecule has 0 atom stereocenters. The van der Waals surface area contributed by atoms with Crippen molar-refractivity contribution in [2.75, 3.05) is 28.3 Å². The first-order chi connectivity index (χ1) is 18.2. The summed E-state index contributed by atoms with van der Waals surface area (Å²) in [5.74, 6) is 1.57. The molecule has 2 heterocycles. The molecule has 0 aliphatic carbocycles. The lowest BCUT2D eigenvalue weighted by Crippen LogP contribution is -2.27. The van der Waals surface area contributed by atoms with Gasteiger partial charge in [-0.3, -0.25) is 4.90 Å². The number of phenols is 1. The topological polar surface area (TPSA) is 89.8 Å². The molecule has 0 unspecified atom stereocenters. The molecule has 37 heavy (non-hydrogen) atoms. The van der Waals surface area contributed by atoms with Crippen LogP contribution in [0.4, 0.5) is 29.2 Å². The van der Waals surface area contributed by atoms with Gasteiger partial charge in [0.05, 0.1) is 6.21 Å². The molecule has 4 aromatic rings. The first-order valence-corrected chi connectivity index (χ1v) is 13.2. The SMILES string of the molecule is Oc1ccc(Br)cc1/C=N/Nc1nc(N2CCCCCC2)nc(N(c2ccccc2)c2ccccc2)n1. The highest BCUT2D eigenvalue weighted by molar-refractivity contribution is 9.10. The Kier molecular flexibility index (Phi) is 7.90. The minimum Gasteiger partial charge on any atom is -0.507 e. The van der Waals surface area contributed by atoms with Crippen molar-refractivity contribution in [3.63, 3.8) is 0 Å². The Hall–Kier alpha value is -3.98. The Morgan fingerprint density at radius 3 is 2.14 bits per heavy atom. The smallest absolute Gasteiger partial charge is 0.250 e. The van der Waals surface area contributed by atoms with Crippen molar-refractivity contribution in [3.8, 4) is 5.75 Å². The summed E-state index contributed by atoms with van der Waals surface area (Å²) in [7, 11) is 0. The molecule has 0 bridgehead atoms. The number of halogens is 1. The molecule has 0 saturated carbocycles. The predicted molar refractivity (Wildman–Crippen MR) is 152 cm³/mol. The maximum atomic E-state index is 10.1. The number of nitrogens with one attached hydrogen (secondary N) is 1. The van der Waals surface area contributed by atoms with E-state index in [9.17, 15) is 5.11 Å². The number of phenolic OH excluding ortho intramolecular Hbond substituents is 1. The second-order valence-electron chi connectivity index (χ2n) is 8.74. The van der Waals surface area contributed by atoms with E-state index in [2.05, 4.69) is 31.4 Å². The molecule has 9 heteroatoms. The van der Waals surface area contributed by atoms with Crippen LogP contribution in [-0.4, -0.2) is 39.4 Å². The quantitative estimate of drug-likeness (QED) is 0.194. The number of rotatable bonds is 7. The van der Waals surface area contributed by atoms with E-state index in [1.807, 2.05) is 65.6 Å². The van der Waals surface area contributed by atoms with E-state index in [4.69, 9.17) is 15.0 Å². The van der Waals surface area contributed by atoms with Gasteiger partial charge in [-0.1, -0.05) is 65.2 Å². The number of aromatic hydroxyl groups is 1. The van der Waals surface area contributed by atoms with Gasteiger partial charge in [0.1, 0.15) is 5.75 Å². The fourth-order valence-electron chi connectivity index (χ4n) is 4.24. The lowest BCUT2D eigenvalue weighted by molar-refractivity contribution is 0.474. The van der Waals surface area contributed by atoms with E-state index in [-0.39, 0.29) is 5.75 Å². The Bertz CT molecular complexity index is 1300. The molecule has 1 saturated heterocycles. The van der Waals surface area contributed by atoms with Crippen LogP contribution in [0.1, 0.15) is 31.2 Å². The summed E-state index contributed by atoms with van der Waals surface area (Å²) in [6.07, 6.45) is 6.16. The van der Waals surface area contributed by atoms with Gasteiger partial charge < -0.3 is 10.0 Å². The first kappa shape index (κ1) is 24.7. The van der Waals surface area contributed by atoms with E-state index < -0.39 is 0 Å². The average molecular weight is 558 g/mol. The molecular formula is C28H28BrN7O. The molecule has 8 nitrogen and oxygen atoms in total. The summed E-state index contributed by atoms with van der Waals surface area (Å²) in [5, 5.41) is 14.5. The number of hydrogen-bond donors (Lipinski definition) is 2. The van der Waals surface area contributed by atoms with Gasteiger partial charge in [0, 0.05) is 34.5 Å². The van der Waals surface area contributed by atoms with Crippen molar-refractivity contribution in [3.05, 3.63) is 88.9 Å². The monoisotopic (exact) mass is 557 g/mol. The summed E-state index contributed by atoms with van der Waals surface area (Å²) in [6.45, 7) is 1.80. The third-order valence-electron chi connectivity index (χ3n) is 6.09. The van der Waals surface area contributed by atoms with Gasteiger partial charge in [-0.15, -0.1) is 0 Å². The zero-order valence-electron chi connectivity index (χ0n) is 20.3. The lowest BCUT2D eigenvalue weighted by Gasteiger charge is -2.26. The van der Waals surface area contributed by atoms with Crippen LogP contribution >= 0.6 is 15.9 Å². The first-order valence-electron chi connectivity index (χ1n) is 12.4. The molecule has 2 N–H and O–H groups in total. The molecule has 0 radical (unpaired) electrons. The second kappa shape index (κ2) is 11.8. The van der Waals surface area contributed by atoms with Crippen LogP contribution in [0.15, 0.2) is 88.4 Å². The largest absolute Gasteiger partial charge is 0.507 e. The fourth-order valence-corrected chi connectivity index (χ4v) is 4.62. The minimum absolute atomic E-state index is 0.134. The van der Waals surface area contributed by atoms with Gasteiger partial charge in [-0.05, 0) is 55.3 Å². The van der Waals surface area contributed by atoms with Gasteiger partial charge in [0.15, 0.2) is 0 Å². The van der Waals surface area contributed by atoms with Crippen molar-refractivity contribution < 1.29 is 5.11 Å². The van der Waals surface area contributed by atoms with Crippen molar-refractivity contribution >= 4 is 51.4 Å². The van der Waals surface area contributed by atoms with Crippen molar-refractivity contribution in [1.29, 1.82) is 0 Å². The van der Waals surface area contributed by atoms with Crippen molar-refractivity contribution in [2.24, 2.45) is 5.10 Å². The van der Waals surface area contributed by atoms with E-state index in [1.165, 1.54) is 12.8 Å². The Labute approximate surface area is 224 Å². The molecule has 1 aliphatic heterocycles. The van der Waals surface area contributed by atoms with E-state index >= 15 is 0 Å². The number of hydrazone groups is 1. The highest BCUT2D eigenvalue weighted by atomic mass is 79.9. The number of aromatic nitrogens is 3. The number of para-hydroxylation sites is 2. The zero-order valence-corrected chi connectivity index (χ0v) is 21.9. The van der Waals surface area contributed by atoms with Crippen molar-refractivity contribution in [1.82, 2.24) is 15.0 Å². The van der Waals surface area contributed by atoms with Crippen LogP contribution in [0.25, 0.3) is 0 Å². The van der Waals surface area contributed by atoms with Crippen LogP contribution in [0.3, 0.4) is 0 Å². The zero-order chi connectivity index (χ0) is 25.5. The van der Waals surface area contributed by atoms with Crippen LogP contribution in [-0.2, 0) is 0 Å². The third-order valence-corrected chi connectivity index (χ3v) is 6.58. The predicted octanol–water partition coefficient (Wildman–Crippen LogP) is 6.64. The van der Waals surface area contributed by atoms with Gasteiger partial charge >= 0.3 is 0 Å². The average Bonchev–Trinajstić information content (AvgIpc) is 3.22. The minimum atomic E-state index is 0.134. The molecule has 0 amide bonds. The molecule has 5 rings (SSSR count). The molecule has 1 fully saturated rings. The van der Waals surface area contributed by atoms with E-state index in [0.717, 1.165) is 41.8 Å². The Morgan fingerprint density at radius 1 is 0.838 bits per heavy atom. The third kappa shape index (κ3) is 6.24. The summed E-state index contributed by atoms with van der Waals surface area (Å²) in [4.78, 5) is 18.6. The maximum Gasteiger partial charge on any atom is 0.250 e. The number of anilines is 5. The summed E-state index contributed by atoms with van der Waals surface area (Å²) in [6, 6.07) is 25.3. The Morgan fingerprint density at radius 2 is 1.49 bits per heavy atom. The van der Waals surface area contributed by atoms with Gasteiger partial charge in [0.2, 0.25) is 17.8 Å². The summed E-state index contributed by atoms with van der Waals surface area (Å²) < 4.78 is 0.846. The van der Waals surface area contributed by atoms with Crippen molar-refractivity contribution in [2.45, 2.75) is 25.7 Å². The van der Waals surface area contributed by atoms with Gasteiger partial charge in [-0.25, -0.2) is 5.43 Å². The highest BCUT2D eigenvalue weighted by Crippen LogP contribution is 2.33. The molecule has 188 valence electrons. The van der Waals surface area contributed by atoms with Crippen LogP contribution < -0.4 is 15.2 Å². The number of benzene rings is 3. The highest BCUT2D eigenvalue weighted by Gasteiger charge is 2.21. The molecule has 1 aliphatic rings. The van der Waals surface area contributed by atoms with E-state index in [0.29, 0.717) is 23.4 Å². The van der Waals surface area contributed by atoms with Crippen LogP contribution in [0, 0.1) is 0 Å². The Balaban J connectivity index is 1.55. The fraction of sp³-hybridized carbons (Fsp3) is 0.214. The normalized spacial score (nSPS) is 13.9. The van der Waals surface area contributed by atoms with Gasteiger partial charge in [0.25, 0.3) is 0 Å². The number of hydrogen-bond acceptors (Lipinski definition) is 8. The molecule has 0 spiro atoms. The van der Waals surface area contributed by atoms with Crippen LogP contribution in [0.2, 0.25) is 0 Å². The van der Waals surface area contributed by atoms with Gasteiger partial charge in [-0.2, -0.15) is 20.1 Å². The second-order valence-corrected chi connectivity index (χ2v) is 9.66. The van der Waals surface area contributed by atoms with E-state index in [1.54, 1.807) is 24.4 Å². The maximum absolute atomic E-state index is 10.1. The molecule has 1 aromatic heterocycles. The van der Waals surface area contributed by atoms with Crippen LogP contribution in [0.5, 0.6) is 5.75 Å². The molecular weight excluding hydrogens is 530 g/mol. The summed E-state index contributed by atoms with van der Waals surface area (Å²) in [5.41, 5.74) is 5.41.